The smallest absolute Gasteiger partial charge is 0.255 e. The van der Waals surface area contributed by atoms with Gasteiger partial charge in [0.2, 0.25) is 5.56 Å². The summed E-state index contributed by atoms with van der Waals surface area (Å²) in [5.41, 5.74) is 1.39. The highest BCUT2D eigenvalue weighted by Crippen LogP contribution is 2.14. The van der Waals surface area contributed by atoms with Gasteiger partial charge in [-0.2, -0.15) is 0 Å². The van der Waals surface area contributed by atoms with Gasteiger partial charge in [0.1, 0.15) is 0 Å². The van der Waals surface area contributed by atoms with Crippen molar-refractivity contribution in [1.29, 1.82) is 0 Å². The number of H-pyrrole nitrogens is 1. The Hall–Kier alpha value is -2.36. The Bertz CT molecular complexity index is 629. The normalized spacial score (nSPS) is 11.9. The molecule has 1 aromatic carbocycles. The molecular weight excluding hydrogens is 264 g/mol. The van der Waals surface area contributed by atoms with Crippen LogP contribution in [0.15, 0.2) is 53.5 Å². The van der Waals surface area contributed by atoms with E-state index in [1.165, 1.54) is 12.3 Å². The van der Waals surface area contributed by atoms with E-state index in [1.807, 2.05) is 42.2 Å². The van der Waals surface area contributed by atoms with Crippen LogP contribution >= 0.6 is 0 Å². The molecule has 0 saturated carbocycles. The number of aromatic nitrogens is 1. The van der Waals surface area contributed by atoms with Crippen molar-refractivity contribution in [3.8, 4) is 0 Å². The summed E-state index contributed by atoms with van der Waals surface area (Å²) in [6.45, 7) is 4.66. The summed E-state index contributed by atoms with van der Waals surface area (Å²) in [6.07, 6.45) is 2.35. The zero-order valence-electron chi connectivity index (χ0n) is 12.4. The van der Waals surface area contributed by atoms with Gasteiger partial charge in [-0.25, -0.2) is 0 Å². The summed E-state index contributed by atoms with van der Waals surface area (Å²) < 4.78 is 0. The average Bonchev–Trinajstić information content (AvgIpc) is 2.53. The number of rotatable bonds is 5. The van der Waals surface area contributed by atoms with Crippen molar-refractivity contribution in [2.75, 3.05) is 0 Å². The molecule has 2 aromatic rings. The number of carbonyl (C=O) groups excluding carboxylic acids is 1. The molecule has 21 heavy (non-hydrogen) atoms. The number of nitrogens with one attached hydrogen (secondary N) is 1. The average molecular weight is 284 g/mol. The molecule has 0 aliphatic rings. The Kier molecular flexibility index (Phi) is 4.93. The molecule has 0 radical (unpaired) electrons. The van der Waals surface area contributed by atoms with Crippen LogP contribution in [0.5, 0.6) is 0 Å². The van der Waals surface area contributed by atoms with Gasteiger partial charge in [0, 0.05) is 24.8 Å². The van der Waals surface area contributed by atoms with Crippen LogP contribution in [0.25, 0.3) is 0 Å². The SMILES string of the molecule is CCC(C)N(Cc1ccccc1)C(=O)c1ccc(=O)[nH]c1. The fraction of sp³-hybridized carbons (Fsp3) is 0.294. The number of carbonyl (C=O) groups is 1. The number of nitrogens with zero attached hydrogens (tertiary/aromatic N) is 1. The molecule has 4 nitrogen and oxygen atoms in total. The van der Waals surface area contributed by atoms with E-state index in [1.54, 1.807) is 6.07 Å². The fourth-order valence-corrected chi connectivity index (χ4v) is 2.14. The van der Waals surface area contributed by atoms with Gasteiger partial charge < -0.3 is 9.88 Å². The second kappa shape index (κ2) is 6.88. The topological polar surface area (TPSA) is 53.2 Å². The Morgan fingerprint density at radius 1 is 1.19 bits per heavy atom. The van der Waals surface area contributed by atoms with Gasteiger partial charge in [-0.05, 0) is 25.0 Å². The van der Waals surface area contributed by atoms with E-state index in [0.29, 0.717) is 12.1 Å². The maximum Gasteiger partial charge on any atom is 0.255 e. The molecule has 1 unspecified atom stereocenters. The molecule has 0 aliphatic heterocycles. The van der Waals surface area contributed by atoms with E-state index in [2.05, 4.69) is 11.9 Å². The lowest BCUT2D eigenvalue weighted by Gasteiger charge is -2.28. The lowest BCUT2D eigenvalue weighted by atomic mass is 10.1. The molecule has 0 fully saturated rings. The van der Waals surface area contributed by atoms with Gasteiger partial charge in [0.25, 0.3) is 5.91 Å². The molecule has 2 rings (SSSR count). The van der Waals surface area contributed by atoms with Crippen LogP contribution in [-0.4, -0.2) is 21.8 Å². The van der Waals surface area contributed by atoms with Gasteiger partial charge >= 0.3 is 0 Å². The molecular formula is C17H20N2O2. The van der Waals surface area contributed by atoms with E-state index in [4.69, 9.17) is 0 Å². The van der Waals surface area contributed by atoms with Crippen LogP contribution in [0, 0.1) is 0 Å². The zero-order valence-corrected chi connectivity index (χ0v) is 12.4. The first-order valence-corrected chi connectivity index (χ1v) is 7.15. The van der Waals surface area contributed by atoms with Crippen LogP contribution in [0.1, 0.15) is 36.2 Å². The third kappa shape index (κ3) is 3.81. The lowest BCUT2D eigenvalue weighted by molar-refractivity contribution is 0.0671. The van der Waals surface area contributed by atoms with Crippen molar-refractivity contribution in [2.24, 2.45) is 0 Å². The molecule has 1 N–H and O–H groups in total. The summed E-state index contributed by atoms with van der Waals surface area (Å²) in [4.78, 5) is 28.2. The highest BCUT2D eigenvalue weighted by atomic mass is 16.2. The number of aromatic amines is 1. The van der Waals surface area contributed by atoms with Crippen LogP contribution in [0.2, 0.25) is 0 Å². The van der Waals surface area contributed by atoms with Crippen LogP contribution in [0.3, 0.4) is 0 Å². The van der Waals surface area contributed by atoms with E-state index < -0.39 is 0 Å². The third-order valence-corrected chi connectivity index (χ3v) is 3.61. The quantitative estimate of drug-likeness (QED) is 0.918. The highest BCUT2D eigenvalue weighted by Gasteiger charge is 2.20. The standard InChI is InChI=1S/C17H20N2O2/c1-3-13(2)19(12-14-7-5-4-6-8-14)17(21)15-9-10-16(20)18-11-15/h4-11,13H,3,12H2,1-2H3,(H,18,20). The maximum absolute atomic E-state index is 12.7. The molecule has 1 atom stereocenters. The minimum Gasteiger partial charge on any atom is -0.332 e. The van der Waals surface area contributed by atoms with Crippen molar-refractivity contribution in [3.63, 3.8) is 0 Å². The van der Waals surface area contributed by atoms with Crippen LogP contribution in [0.4, 0.5) is 0 Å². The van der Waals surface area contributed by atoms with Crippen LogP contribution in [-0.2, 0) is 6.54 Å². The van der Waals surface area contributed by atoms with E-state index in [0.717, 1.165) is 12.0 Å². The number of benzene rings is 1. The Labute approximate surface area is 124 Å². The molecule has 0 spiro atoms. The number of pyridine rings is 1. The molecule has 110 valence electrons. The summed E-state index contributed by atoms with van der Waals surface area (Å²) in [5, 5.41) is 0. The third-order valence-electron chi connectivity index (χ3n) is 3.61. The van der Waals surface area contributed by atoms with Gasteiger partial charge in [0.15, 0.2) is 0 Å². The Balaban J connectivity index is 2.25. The monoisotopic (exact) mass is 284 g/mol. The molecule has 1 amide bonds. The van der Waals surface area contributed by atoms with E-state index >= 15 is 0 Å². The van der Waals surface area contributed by atoms with Gasteiger partial charge in [-0.1, -0.05) is 37.3 Å². The minimum atomic E-state index is -0.204. The van der Waals surface area contributed by atoms with Crippen molar-refractivity contribution in [3.05, 3.63) is 70.1 Å². The first-order chi connectivity index (χ1) is 10.1. The van der Waals surface area contributed by atoms with E-state index in [9.17, 15) is 9.59 Å². The molecule has 0 bridgehead atoms. The summed E-state index contributed by atoms with van der Waals surface area (Å²) in [5.74, 6) is -0.0653. The van der Waals surface area contributed by atoms with Crippen LogP contribution < -0.4 is 5.56 Å². The molecule has 1 aromatic heterocycles. The first kappa shape index (κ1) is 15.0. The van der Waals surface area contributed by atoms with E-state index in [-0.39, 0.29) is 17.5 Å². The maximum atomic E-state index is 12.7. The number of hydrogen-bond donors (Lipinski definition) is 1. The first-order valence-electron chi connectivity index (χ1n) is 7.15. The van der Waals surface area contributed by atoms with Crippen molar-refractivity contribution in [1.82, 2.24) is 9.88 Å². The summed E-state index contributed by atoms with van der Waals surface area (Å²) in [7, 11) is 0. The van der Waals surface area contributed by atoms with Crippen molar-refractivity contribution >= 4 is 5.91 Å². The van der Waals surface area contributed by atoms with Crippen molar-refractivity contribution in [2.45, 2.75) is 32.9 Å². The summed E-state index contributed by atoms with van der Waals surface area (Å²) in [6, 6.07) is 13.0. The largest absolute Gasteiger partial charge is 0.332 e. The predicted octanol–water partition coefficient (Wildman–Crippen LogP) is 2.82. The second-order valence-corrected chi connectivity index (χ2v) is 5.12. The minimum absolute atomic E-state index is 0.0653. The number of hydrogen-bond acceptors (Lipinski definition) is 2. The zero-order chi connectivity index (χ0) is 15.2. The highest BCUT2D eigenvalue weighted by molar-refractivity contribution is 5.94. The molecule has 0 saturated heterocycles. The fourth-order valence-electron chi connectivity index (χ4n) is 2.14. The van der Waals surface area contributed by atoms with Gasteiger partial charge in [-0.3, -0.25) is 9.59 Å². The summed E-state index contributed by atoms with van der Waals surface area (Å²) >= 11 is 0. The van der Waals surface area contributed by atoms with Crippen molar-refractivity contribution < 1.29 is 4.79 Å². The second-order valence-electron chi connectivity index (χ2n) is 5.12. The van der Waals surface area contributed by atoms with Gasteiger partial charge in [0.05, 0.1) is 5.56 Å². The molecule has 4 heteroatoms. The lowest BCUT2D eigenvalue weighted by Crippen LogP contribution is -2.38. The Morgan fingerprint density at radius 3 is 2.48 bits per heavy atom. The van der Waals surface area contributed by atoms with Gasteiger partial charge in [-0.15, -0.1) is 0 Å². The number of amides is 1. The Morgan fingerprint density at radius 2 is 1.90 bits per heavy atom. The molecule has 0 aliphatic carbocycles. The predicted molar refractivity (Wildman–Crippen MR) is 83.1 cm³/mol. The molecule has 1 heterocycles.